The number of rotatable bonds is 4. The second kappa shape index (κ2) is 7.07. The predicted molar refractivity (Wildman–Crippen MR) is 104 cm³/mol. The molecule has 1 aromatic heterocycles. The summed E-state index contributed by atoms with van der Waals surface area (Å²) in [4.78, 5) is 26.4. The maximum Gasteiger partial charge on any atom is 0.276 e. The van der Waals surface area contributed by atoms with Crippen LogP contribution in [-0.4, -0.2) is 42.8 Å². The zero-order chi connectivity index (χ0) is 19.7. The van der Waals surface area contributed by atoms with E-state index in [1.807, 2.05) is 12.1 Å². The summed E-state index contributed by atoms with van der Waals surface area (Å²) >= 11 is 0. The molecular formula is C20H18N4O4. The van der Waals surface area contributed by atoms with Crippen LogP contribution in [0.15, 0.2) is 48.5 Å². The Kier molecular flexibility index (Phi) is 4.44. The molecule has 0 aliphatic carbocycles. The van der Waals surface area contributed by atoms with Crippen LogP contribution < -0.4 is 19.7 Å². The van der Waals surface area contributed by atoms with Crippen LogP contribution in [0.25, 0.3) is 11.3 Å². The first kappa shape index (κ1) is 17.6. The number of para-hydroxylation sites is 2. The van der Waals surface area contributed by atoms with Crippen LogP contribution in [0, 0.1) is 0 Å². The Balaban J connectivity index is 1.67. The van der Waals surface area contributed by atoms with Gasteiger partial charge in [-0.25, -0.2) is 0 Å². The largest absolute Gasteiger partial charge is 0.497 e. The van der Waals surface area contributed by atoms with Gasteiger partial charge in [0.2, 0.25) is 5.91 Å². The SMILES string of the molecule is COc1ccc(-c2cc(C(=O)N3CC(=O)Nc4ccccc43)[nH]n2)c(OC)c1. The number of H-pyrrole nitrogens is 1. The molecule has 0 fully saturated rings. The van der Waals surface area contributed by atoms with Crippen molar-refractivity contribution in [1.29, 1.82) is 0 Å². The molecule has 3 aromatic rings. The summed E-state index contributed by atoms with van der Waals surface area (Å²) in [7, 11) is 3.13. The third kappa shape index (κ3) is 3.05. The van der Waals surface area contributed by atoms with Crippen molar-refractivity contribution in [3.05, 3.63) is 54.2 Å². The van der Waals surface area contributed by atoms with Crippen molar-refractivity contribution in [2.24, 2.45) is 0 Å². The van der Waals surface area contributed by atoms with Gasteiger partial charge in [0.15, 0.2) is 0 Å². The lowest BCUT2D eigenvalue weighted by Gasteiger charge is -2.28. The van der Waals surface area contributed by atoms with E-state index in [1.165, 1.54) is 4.90 Å². The van der Waals surface area contributed by atoms with Crippen molar-refractivity contribution in [2.45, 2.75) is 0 Å². The number of hydrogen-bond acceptors (Lipinski definition) is 5. The van der Waals surface area contributed by atoms with Gasteiger partial charge < -0.3 is 14.8 Å². The number of benzene rings is 2. The molecule has 0 saturated carbocycles. The molecule has 0 saturated heterocycles. The summed E-state index contributed by atoms with van der Waals surface area (Å²) in [5, 5.41) is 9.78. The summed E-state index contributed by atoms with van der Waals surface area (Å²) in [5.41, 5.74) is 2.79. The first-order valence-corrected chi connectivity index (χ1v) is 8.59. The van der Waals surface area contributed by atoms with E-state index in [0.717, 1.165) is 5.56 Å². The summed E-state index contributed by atoms with van der Waals surface area (Å²) in [6.07, 6.45) is 0. The number of anilines is 2. The summed E-state index contributed by atoms with van der Waals surface area (Å²) in [6.45, 7) is -0.0595. The van der Waals surface area contributed by atoms with Crippen LogP contribution in [0.1, 0.15) is 10.5 Å². The fourth-order valence-electron chi connectivity index (χ4n) is 3.14. The molecule has 0 atom stereocenters. The van der Waals surface area contributed by atoms with E-state index in [9.17, 15) is 9.59 Å². The minimum atomic E-state index is -0.339. The van der Waals surface area contributed by atoms with E-state index in [1.54, 1.807) is 50.6 Å². The minimum Gasteiger partial charge on any atom is -0.497 e. The fourth-order valence-corrected chi connectivity index (χ4v) is 3.14. The topological polar surface area (TPSA) is 96.6 Å². The smallest absolute Gasteiger partial charge is 0.276 e. The van der Waals surface area contributed by atoms with Crippen LogP contribution in [0.4, 0.5) is 11.4 Å². The number of amides is 2. The van der Waals surface area contributed by atoms with Gasteiger partial charge in [-0.05, 0) is 30.3 Å². The lowest BCUT2D eigenvalue weighted by Crippen LogP contribution is -2.42. The molecule has 8 nitrogen and oxygen atoms in total. The maximum atomic E-state index is 13.0. The van der Waals surface area contributed by atoms with Gasteiger partial charge in [0, 0.05) is 11.6 Å². The molecule has 0 radical (unpaired) electrons. The number of carbonyl (C=O) groups excluding carboxylic acids is 2. The van der Waals surface area contributed by atoms with Crippen LogP contribution in [0.3, 0.4) is 0 Å². The Morgan fingerprint density at radius 2 is 1.93 bits per heavy atom. The number of nitrogens with one attached hydrogen (secondary N) is 2. The standard InChI is InChI=1S/C20H18N4O4/c1-27-12-7-8-13(18(9-12)28-2)15-10-16(23-22-15)20(26)24-11-19(25)21-14-5-3-4-6-17(14)24/h3-10H,11H2,1-2H3,(H,21,25)(H,22,23). The van der Waals surface area contributed by atoms with Crippen molar-refractivity contribution < 1.29 is 19.1 Å². The number of methoxy groups -OCH3 is 2. The zero-order valence-electron chi connectivity index (χ0n) is 15.4. The molecule has 2 heterocycles. The van der Waals surface area contributed by atoms with Crippen LogP contribution in [0.5, 0.6) is 11.5 Å². The van der Waals surface area contributed by atoms with E-state index < -0.39 is 0 Å². The fraction of sp³-hybridized carbons (Fsp3) is 0.150. The first-order chi connectivity index (χ1) is 13.6. The molecule has 28 heavy (non-hydrogen) atoms. The number of hydrogen-bond donors (Lipinski definition) is 2. The maximum absolute atomic E-state index is 13.0. The molecule has 2 amide bonds. The highest BCUT2D eigenvalue weighted by atomic mass is 16.5. The summed E-state index contributed by atoms with van der Waals surface area (Å²) < 4.78 is 10.6. The third-order valence-electron chi connectivity index (χ3n) is 4.51. The first-order valence-electron chi connectivity index (χ1n) is 8.59. The molecule has 0 bridgehead atoms. The highest BCUT2D eigenvalue weighted by molar-refractivity contribution is 6.14. The summed E-state index contributed by atoms with van der Waals surface area (Å²) in [6, 6.07) is 14.2. The number of ether oxygens (including phenoxy) is 2. The molecule has 2 aromatic carbocycles. The van der Waals surface area contributed by atoms with Gasteiger partial charge in [0.1, 0.15) is 23.7 Å². The van der Waals surface area contributed by atoms with E-state index >= 15 is 0 Å². The molecule has 1 aliphatic rings. The Labute approximate surface area is 161 Å². The van der Waals surface area contributed by atoms with Gasteiger partial charge in [-0.2, -0.15) is 5.10 Å². The molecule has 0 unspecified atom stereocenters. The number of fused-ring (bicyclic) bond motifs is 1. The minimum absolute atomic E-state index is 0.0595. The highest BCUT2D eigenvalue weighted by Crippen LogP contribution is 2.34. The predicted octanol–water partition coefficient (Wildman–Crippen LogP) is 2.69. The molecule has 1 aliphatic heterocycles. The Morgan fingerprint density at radius 1 is 1.11 bits per heavy atom. The van der Waals surface area contributed by atoms with E-state index in [2.05, 4.69) is 15.5 Å². The van der Waals surface area contributed by atoms with Gasteiger partial charge in [-0.1, -0.05) is 12.1 Å². The van der Waals surface area contributed by atoms with Crippen molar-refractivity contribution in [3.8, 4) is 22.8 Å². The van der Waals surface area contributed by atoms with Crippen LogP contribution in [0.2, 0.25) is 0 Å². The van der Waals surface area contributed by atoms with Gasteiger partial charge in [-0.3, -0.25) is 19.6 Å². The van der Waals surface area contributed by atoms with Crippen molar-refractivity contribution >= 4 is 23.2 Å². The Bertz CT molecular complexity index is 1060. The molecule has 8 heteroatoms. The molecule has 4 rings (SSSR count). The van der Waals surface area contributed by atoms with Gasteiger partial charge in [0.05, 0.1) is 31.3 Å². The van der Waals surface area contributed by atoms with Gasteiger partial charge in [-0.15, -0.1) is 0 Å². The zero-order valence-corrected chi connectivity index (χ0v) is 15.4. The van der Waals surface area contributed by atoms with E-state index in [0.29, 0.717) is 28.6 Å². The number of aromatic amines is 1. The average Bonchev–Trinajstić information content (AvgIpc) is 3.22. The van der Waals surface area contributed by atoms with Crippen molar-refractivity contribution in [1.82, 2.24) is 10.2 Å². The molecule has 142 valence electrons. The average molecular weight is 378 g/mol. The van der Waals surface area contributed by atoms with Crippen molar-refractivity contribution in [3.63, 3.8) is 0 Å². The molecular weight excluding hydrogens is 360 g/mol. The quantitative estimate of drug-likeness (QED) is 0.728. The van der Waals surface area contributed by atoms with Gasteiger partial charge >= 0.3 is 0 Å². The molecule has 2 N–H and O–H groups in total. The normalized spacial score (nSPS) is 12.9. The second-order valence-corrected chi connectivity index (χ2v) is 6.19. The van der Waals surface area contributed by atoms with Crippen LogP contribution in [-0.2, 0) is 4.79 Å². The van der Waals surface area contributed by atoms with Crippen molar-refractivity contribution in [2.75, 3.05) is 31.0 Å². The van der Waals surface area contributed by atoms with Gasteiger partial charge in [0.25, 0.3) is 5.91 Å². The third-order valence-corrected chi connectivity index (χ3v) is 4.51. The monoisotopic (exact) mass is 378 g/mol. The Hall–Kier alpha value is -3.81. The van der Waals surface area contributed by atoms with E-state index in [-0.39, 0.29) is 24.1 Å². The number of aromatic nitrogens is 2. The number of nitrogens with zero attached hydrogens (tertiary/aromatic N) is 2. The lowest BCUT2D eigenvalue weighted by molar-refractivity contribution is -0.115. The number of carbonyl (C=O) groups is 2. The van der Waals surface area contributed by atoms with Crippen LogP contribution >= 0.6 is 0 Å². The summed E-state index contributed by atoms with van der Waals surface area (Å²) in [5.74, 6) is 0.646. The molecule has 0 spiro atoms. The highest BCUT2D eigenvalue weighted by Gasteiger charge is 2.28. The lowest BCUT2D eigenvalue weighted by atomic mass is 10.1. The Morgan fingerprint density at radius 3 is 2.71 bits per heavy atom. The van der Waals surface area contributed by atoms with E-state index in [4.69, 9.17) is 9.47 Å². The second-order valence-electron chi connectivity index (χ2n) is 6.19.